The third kappa shape index (κ3) is 3.38. The molecule has 0 saturated heterocycles. The summed E-state index contributed by atoms with van der Waals surface area (Å²) in [7, 11) is 0. The molecule has 3 rings (SSSR count). The number of hydrogen-bond acceptors (Lipinski definition) is 2. The zero-order valence-corrected chi connectivity index (χ0v) is 13.9. The molecule has 1 saturated carbocycles. The molecule has 1 heterocycles. The summed E-state index contributed by atoms with van der Waals surface area (Å²) < 4.78 is 0. The molecule has 0 unspecified atom stereocenters. The fourth-order valence-electron chi connectivity index (χ4n) is 2.84. The Balaban J connectivity index is 1.65. The first-order valence-corrected chi connectivity index (χ1v) is 8.08. The molecule has 23 heavy (non-hydrogen) atoms. The van der Waals surface area contributed by atoms with Crippen molar-refractivity contribution in [1.29, 1.82) is 0 Å². The minimum absolute atomic E-state index is 0.00582. The smallest absolute Gasteiger partial charge is 0.239 e. The lowest BCUT2D eigenvalue weighted by molar-refractivity contribution is -0.126. The Labute approximate surface area is 135 Å². The lowest BCUT2D eigenvalue weighted by atomic mass is 10.0. The summed E-state index contributed by atoms with van der Waals surface area (Å²) in [5.74, 6) is -0.0357. The molecule has 1 aliphatic carbocycles. The van der Waals surface area contributed by atoms with Gasteiger partial charge in [0.25, 0.3) is 0 Å². The van der Waals surface area contributed by atoms with Gasteiger partial charge in [0, 0.05) is 23.5 Å². The topological polar surface area (TPSA) is 74.0 Å². The van der Waals surface area contributed by atoms with Crippen LogP contribution in [0.25, 0.3) is 10.9 Å². The number of carbonyl (C=O) groups excluding carboxylic acids is 2. The molecule has 1 aromatic heterocycles. The average molecular weight is 313 g/mol. The Morgan fingerprint density at radius 3 is 2.61 bits per heavy atom. The van der Waals surface area contributed by atoms with Gasteiger partial charge in [0.05, 0.1) is 12.1 Å². The minimum atomic E-state index is -0.159. The van der Waals surface area contributed by atoms with E-state index in [0.717, 1.165) is 29.6 Å². The number of aromatic nitrogens is 1. The van der Waals surface area contributed by atoms with E-state index in [2.05, 4.69) is 48.5 Å². The zero-order chi connectivity index (χ0) is 16.6. The molecule has 0 aliphatic heterocycles. The third-order valence-corrected chi connectivity index (χ3v) is 4.49. The Bertz CT molecular complexity index is 772. The first kappa shape index (κ1) is 15.6. The Hall–Kier alpha value is -2.30. The number of nitrogens with one attached hydrogen (secondary N) is 3. The van der Waals surface area contributed by atoms with Crippen LogP contribution in [-0.2, 0) is 16.1 Å². The highest BCUT2D eigenvalue weighted by Gasteiger charge is 2.29. The number of H-pyrrole nitrogens is 1. The number of hydrogen-bond donors (Lipinski definition) is 3. The van der Waals surface area contributed by atoms with Crippen LogP contribution in [0, 0.1) is 26.7 Å². The second-order valence-corrected chi connectivity index (χ2v) is 6.49. The largest absolute Gasteiger partial charge is 0.358 e. The standard InChI is InChI=1S/C18H23N3O2/c1-10-6-14(17-15(7-10)11(2)12(3)21-17)8-19-16(22)9-20-18(23)13-4-5-13/h6-7,13,21H,4-5,8-9H2,1-3H3,(H,19,22)(H,20,23). The molecule has 3 N–H and O–H groups in total. The average Bonchev–Trinajstić information content (AvgIpc) is 3.32. The second kappa shape index (κ2) is 6.07. The van der Waals surface area contributed by atoms with Crippen molar-refractivity contribution in [3.63, 3.8) is 0 Å². The molecule has 2 amide bonds. The summed E-state index contributed by atoms with van der Waals surface area (Å²) in [6.45, 7) is 6.72. The fourth-order valence-corrected chi connectivity index (χ4v) is 2.84. The highest BCUT2D eigenvalue weighted by Crippen LogP contribution is 2.28. The van der Waals surface area contributed by atoms with E-state index in [9.17, 15) is 9.59 Å². The van der Waals surface area contributed by atoms with Gasteiger partial charge in [-0.2, -0.15) is 0 Å². The van der Waals surface area contributed by atoms with E-state index >= 15 is 0 Å². The molecule has 1 aliphatic rings. The monoisotopic (exact) mass is 313 g/mol. The van der Waals surface area contributed by atoms with Crippen molar-refractivity contribution in [1.82, 2.24) is 15.6 Å². The van der Waals surface area contributed by atoms with Crippen LogP contribution in [-0.4, -0.2) is 23.3 Å². The lowest BCUT2D eigenvalue weighted by Crippen LogP contribution is -2.37. The number of aromatic amines is 1. The number of fused-ring (bicyclic) bond motifs is 1. The van der Waals surface area contributed by atoms with Crippen molar-refractivity contribution < 1.29 is 9.59 Å². The Morgan fingerprint density at radius 2 is 1.91 bits per heavy atom. The van der Waals surface area contributed by atoms with Crippen LogP contribution < -0.4 is 10.6 Å². The molecule has 0 radical (unpaired) electrons. The van der Waals surface area contributed by atoms with E-state index < -0.39 is 0 Å². The van der Waals surface area contributed by atoms with Crippen molar-refractivity contribution in [3.8, 4) is 0 Å². The molecule has 0 bridgehead atoms. The van der Waals surface area contributed by atoms with Gasteiger partial charge in [-0.1, -0.05) is 11.6 Å². The molecule has 1 fully saturated rings. The van der Waals surface area contributed by atoms with Crippen LogP contribution in [0.1, 0.15) is 35.2 Å². The maximum Gasteiger partial charge on any atom is 0.239 e. The number of aryl methyl sites for hydroxylation is 3. The molecular weight excluding hydrogens is 290 g/mol. The molecule has 0 spiro atoms. The van der Waals surface area contributed by atoms with E-state index in [1.807, 2.05) is 0 Å². The fraction of sp³-hybridized carbons (Fsp3) is 0.444. The summed E-state index contributed by atoms with van der Waals surface area (Å²) in [5, 5.41) is 6.77. The Kier molecular flexibility index (Phi) is 4.11. The molecule has 0 atom stereocenters. The summed E-state index contributed by atoms with van der Waals surface area (Å²) in [4.78, 5) is 26.9. The highest BCUT2D eigenvalue weighted by atomic mass is 16.2. The van der Waals surface area contributed by atoms with Gasteiger partial charge in [0.1, 0.15) is 0 Å². The molecular formula is C18H23N3O2. The minimum Gasteiger partial charge on any atom is -0.358 e. The van der Waals surface area contributed by atoms with E-state index in [4.69, 9.17) is 0 Å². The van der Waals surface area contributed by atoms with Crippen LogP contribution in [0.3, 0.4) is 0 Å². The van der Waals surface area contributed by atoms with Crippen molar-refractivity contribution in [2.75, 3.05) is 6.54 Å². The van der Waals surface area contributed by atoms with Crippen molar-refractivity contribution in [2.45, 2.75) is 40.2 Å². The summed E-state index contributed by atoms with van der Waals surface area (Å²) >= 11 is 0. The van der Waals surface area contributed by atoms with E-state index in [1.54, 1.807) is 0 Å². The van der Waals surface area contributed by atoms with Crippen LogP contribution in [0.15, 0.2) is 12.1 Å². The van der Waals surface area contributed by atoms with Crippen LogP contribution in [0.4, 0.5) is 0 Å². The number of amides is 2. The summed E-state index contributed by atoms with van der Waals surface area (Å²) in [5.41, 5.74) is 5.71. The number of rotatable bonds is 5. The molecule has 1 aromatic carbocycles. The van der Waals surface area contributed by atoms with Gasteiger partial charge in [-0.05, 0) is 50.8 Å². The van der Waals surface area contributed by atoms with E-state index in [1.165, 1.54) is 16.5 Å². The van der Waals surface area contributed by atoms with Crippen LogP contribution >= 0.6 is 0 Å². The zero-order valence-electron chi connectivity index (χ0n) is 13.9. The molecule has 5 nitrogen and oxygen atoms in total. The van der Waals surface area contributed by atoms with Crippen molar-refractivity contribution in [2.24, 2.45) is 5.92 Å². The SMILES string of the molecule is Cc1cc(CNC(=O)CNC(=O)C2CC2)c2[nH]c(C)c(C)c2c1. The first-order chi connectivity index (χ1) is 11.0. The van der Waals surface area contributed by atoms with Crippen molar-refractivity contribution in [3.05, 3.63) is 34.5 Å². The van der Waals surface area contributed by atoms with Gasteiger partial charge in [-0.25, -0.2) is 0 Å². The van der Waals surface area contributed by atoms with Gasteiger partial charge in [0.2, 0.25) is 11.8 Å². The van der Waals surface area contributed by atoms with Gasteiger partial charge in [-0.15, -0.1) is 0 Å². The third-order valence-electron chi connectivity index (χ3n) is 4.49. The van der Waals surface area contributed by atoms with Crippen molar-refractivity contribution >= 4 is 22.7 Å². The van der Waals surface area contributed by atoms with Gasteiger partial charge in [-0.3, -0.25) is 9.59 Å². The van der Waals surface area contributed by atoms with E-state index in [-0.39, 0.29) is 24.3 Å². The molecule has 2 aromatic rings. The maximum absolute atomic E-state index is 11.9. The lowest BCUT2D eigenvalue weighted by Gasteiger charge is -2.09. The van der Waals surface area contributed by atoms with Gasteiger partial charge in [0.15, 0.2) is 0 Å². The first-order valence-electron chi connectivity index (χ1n) is 8.08. The normalized spacial score (nSPS) is 14.0. The quantitative estimate of drug-likeness (QED) is 0.792. The highest BCUT2D eigenvalue weighted by molar-refractivity contribution is 5.89. The Morgan fingerprint density at radius 1 is 1.17 bits per heavy atom. The van der Waals surface area contributed by atoms with Crippen LogP contribution in [0.2, 0.25) is 0 Å². The number of carbonyl (C=O) groups is 2. The predicted octanol–water partition coefficient (Wildman–Crippen LogP) is 2.24. The summed E-state index contributed by atoms with van der Waals surface area (Å²) in [6.07, 6.45) is 1.89. The maximum atomic E-state index is 11.9. The summed E-state index contributed by atoms with van der Waals surface area (Å²) in [6, 6.07) is 4.25. The van der Waals surface area contributed by atoms with Gasteiger partial charge >= 0.3 is 0 Å². The predicted molar refractivity (Wildman–Crippen MR) is 90.1 cm³/mol. The van der Waals surface area contributed by atoms with Gasteiger partial charge < -0.3 is 15.6 Å². The van der Waals surface area contributed by atoms with Crippen LogP contribution in [0.5, 0.6) is 0 Å². The van der Waals surface area contributed by atoms with E-state index in [0.29, 0.717) is 6.54 Å². The molecule has 122 valence electrons. The number of benzene rings is 1. The second-order valence-electron chi connectivity index (χ2n) is 6.49. The molecule has 5 heteroatoms.